The molecule has 1 aliphatic heterocycles. The molecule has 1 amide bonds. The van der Waals surface area contributed by atoms with Gasteiger partial charge in [0.2, 0.25) is 5.91 Å². The first-order valence-electron chi connectivity index (χ1n) is 3.63. The topological polar surface area (TPSA) is 44.1 Å². The second-order valence-corrected chi connectivity index (χ2v) is 3.42. The fraction of sp³-hybridized carbons (Fsp3) is 0.714. The van der Waals surface area contributed by atoms with Crippen molar-refractivity contribution in [3.63, 3.8) is 0 Å². The molecular formula is C7H7BrF2N2O. The Balaban J connectivity index is 2.76. The van der Waals surface area contributed by atoms with Gasteiger partial charge in [-0.25, -0.2) is 8.78 Å². The van der Waals surface area contributed by atoms with Crippen molar-refractivity contribution in [2.75, 3.05) is 11.9 Å². The normalized spacial score (nSPS) is 25.7. The molecule has 1 atom stereocenters. The Morgan fingerprint density at radius 3 is 2.85 bits per heavy atom. The molecule has 1 saturated heterocycles. The van der Waals surface area contributed by atoms with E-state index in [0.717, 1.165) is 4.90 Å². The maximum atomic E-state index is 12.8. The van der Waals surface area contributed by atoms with Gasteiger partial charge in [0.15, 0.2) is 0 Å². The van der Waals surface area contributed by atoms with Gasteiger partial charge in [-0.15, -0.1) is 0 Å². The number of nitrogens with zero attached hydrogens (tertiary/aromatic N) is 2. The molecule has 0 bridgehead atoms. The van der Waals surface area contributed by atoms with Gasteiger partial charge in [0, 0.05) is 6.42 Å². The fourth-order valence-corrected chi connectivity index (χ4v) is 1.59. The number of carbonyl (C=O) groups is 1. The SMILES string of the molecule is N#C[C@@H]1CC(F)(F)CN1C(=O)CBr. The van der Waals surface area contributed by atoms with Crippen LogP contribution < -0.4 is 0 Å². The number of hydrogen-bond acceptors (Lipinski definition) is 2. The minimum absolute atomic E-state index is 0.0265. The molecule has 1 aliphatic rings. The summed E-state index contributed by atoms with van der Waals surface area (Å²) in [5.74, 6) is -3.39. The number of likely N-dealkylation sites (tertiary alicyclic amines) is 1. The first kappa shape index (κ1) is 10.4. The predicted octanol–water partition coefficient (Wildman–Crippen LogP) is 1.14. The monoisotopic (exact) mass is 252 g/mol. The lowest BCUT2D eigenvalue weighted by atomic mass is 10.2. The summed E-state index contributed by atoms with van der Waals surface area (Å²) in [6.07, 6.45) is -0.553. The maximum Gasteiger partial charge on any atom is 0.268 e. The molecule has 0 radical (unpaired) electrons. The standard InChI is InChI=1S/C7H7BrF2N2O/c8-2-6(13)12-4-7(9,10)1-5(12)3-11/h5H,1-2,4H2/t5-/m0/s1. The number of alkyl halides is 3. The lowest BCUT2D eigenvalue weighted by molar-refractivity contribution is -0.129. The smallest absolute Gasteiger partial charge is 0.268 e. The van der Waals surface area contributed by atoms with Gasteiger partial charge in [-0.1, -0.05) is 15.9 Å². The van der Waals surface area contributed by atoms with E-state index in [1.807, 2.05) is 0 Å². The molecule has 3 nitrogen and oxygen atoms in total. The average molecular weight is 253 g/mol. The van der Waals surface area contributed by atoms with E-state index in [4.69, 9.17) is 5.26 Å². The van der Waals surface area contributed by atoms with Gasteiger partial charge in [0.25, 0.3) is 5.92 Å². The third-order valence-electron chi connectivity index (χ3n) is 1.85. The highest BCUT2D eigenvalue weighted by Gasteiger charge is 2.46. The second kappa shape index (κ2) is 3.58. The van der Waals surface area contributed by atoms with Crippen LogP contribution in [-0.2, 0) is 4.79 Å². The molecule has 72 valence electrons. The molecule has 0 unspecified atom stereocenters. The van der Waals surface area contributed by atoms with E-state index in [0.29, 0.717) is 0 Å². The molecule has 1 rings (SSSR count). The first-order chi connectivity index (χ1) is 6.00. The summed E-state index contributed by atoms with van der Waals surface area (Å²) >= 11 is 2.87. The minimum atomic E-state index is -2.92. The van der Waals surface area contributed by atoms with Crippen LogP contribution in [0.5, 0.6) is 0 Å². The number of nitriles is 1. The van der Waals surface area contributed by atoms with Crippen LogP contribution in [-0.4, -0.2) is 34.6 Å². The predicted molar refractivity (Wildman–Crippen MR) is 44.5 cm³/mol. The summed E-state index contributed by atoms with van der Waals surface area (Å²) in [6.45, 7) is -0.643. The Kier molecular flexibility index (Phi) is 2.86. The van der Waals surface area contributed by atoms with Crippen LogP contribution in [0.1, 0.15) is 6.42 Å². The number of amides is 1. The molecule has 13 heavy (non-hydrogen) atoms. The van der Waals surface area contributed by atoms with Gasteiger partial charge in [-0.3, -0.25) is 4.79 Å². The number of halogens is 3. The summed E-state index contributed by atoms with van der Waals surface area (Å²) in [5.41, 5.74) is 0. The highest BCUT2D eigenvalue weighted by molar-refractivity contribution is 9.09. The third-order valence-corrected chi connectivity index (χ3v) is 2.33. The minimum Gasteiger partial charge on any atom is -0.320 e. The highest BCUT2D eigenvalue weighted by atomic mass is 79.9. The van der Waals surface area contributed by atoms with Crippen molar-refractivity contribution in [2.45, 2.75) is 18.4 Å². The van der Waals surface area contributed by atoms with Gasteiger partial charge >= 0.3 is 0 Å². The fourth-order valence-electron chi connectivity index (χ4n) is 1.27. The molecule has 6 heteroatoms. The molecule has 1 fully saturated rings. The van der Waals surface area contributed by atoms with Gasteiger partial charge in [0.1, 0.15) is 6.04 Å². The van der Waals surface area contributed by atoms with Crippen molar-refractivity contribution in [1.29, 1.82) is 5.26 Å². The summed E-state index contributed by atoms with van der Waals surface area (Å²) in [4.78, 5) is 12.0. The van der Waals surface area contributed by atoms with Crippen molar-refractivity contribution in [2.24, 2.45) is 0 Å². The summed E-state index contributed by atoms with van der Waals surface area (Å²) in [6, 6.07) is 0.703. The Bertz CT molecular complexity index is 264. The summed E-state index contributed by atoms with van der Waals surface area (Å²) in [7, 11) is 0. The van der Waals surface area contributed by atoms with Crippen LogP contribution >= 0.6 is 15.9 Å². The van der Waals surface area contributed by atoms with E-state index >= 15 is 0 Å². The van der Waals surface area contributed by atoms with Gasteiger partial charge in [0.05, 0.1) is 17.9 Å². The van der Waals surface area contributed by atoms with Gasteiger partial charge in [-0.05, 0) is 0 Å². The molecule has 0 saturated carbocycles. The zero-order valence-corrected chi connectivity index (χ0v) is 8.22. The van der Waals surface area contributed by atoms with Gasteiger partial charge < -0.3 is 4.90 Å². The van der Waals surface area contributed by atoms with Crippen molar-refractivity contribution in [3.05, 3.63) is 0 Å². The van der Waals surface area contributed by atoms with Crippen LogP contribution in [0, 0.1) is 11.3 Å². The molecule has 0 aromatic carbocycles. The summed E-state index contributed by atoms with van der Waals surface area (Å²) in [5, 5.41) is 8.49. The molecule has 0 aromatic rings. The maximum absolute atomic E-state index is 12.8. The van der Waals surface area contributed by atoms with Crippen LogP contribution in [0.4, 0.5) is 8.78 Å². The van der Waals surface area contributed by atoms with E-state index in [9.17, 15) is 13.6 Å². The van der Waals surface area contributed by atoms with Crippen molar-refractivity contribution >= 4 is 21.8 Å². The largest absolute Gasteiger partial charge is 0.320 e. The van der Waals surface area contributed by atoms with E-state index in [1.165, 1.54) is 0 Å². The number of hydrogen-bond donors (Lipinski definition) is 0. The number of rotatable bonds is 1. The Labute approximate surface area is 82.4 Å². The van der Waals surface area contributed by atoms with Gasteiger partial charge in [-0.2, -0.15) is 5.26 Å². The highest BCUT2D eigenvalue weighted by Crippen LogP contribution is 2.31. The lowest BCUT2D eigenvalue weighted by Gasteiger charge is -2.17. The van der Waals surface area contributed by atoms with E-state index < -0.39 is 30.8 Å². The zero-order valence-electron chi connectivity index (χ0n) is 6.64. The van der Waals surface area contributed by atoms with Crippen molar-refractivity contribution < 1.29 is 13.6 Å². The zero-order chi connectivity index (χ0) is 10.1. The first-order valence-corrected chi connectivity index (χ1v) is 4.75. The Hall–Kier alpha value is -0.700. The average Bonchev–Trinajstić information content (AvgIpc) is 2.39. The Morgan fingerprint density at radius 1 is 1.77 bits per heavy atom. The Morgan fingerprint density at radius 2 is 2.38 bits per heavy atom. The van der Waals surface area contributed by atoms with Crippen LogP contribution in [0.3, 0.4) is 0 Å². The van der Waals surface area contributed by atoms with Crippen molar-refractivity contribution in [3.8, 4) is 6.07 Å². The third kappa shape index (κ3) is 2.15. The molecule has 0 spiro atoms. The van der Waals surface area contributed by atoms with Crippen molar-refractivity contribution in [1.82, 2.24) is 4.90 Å². The summed E-state index contributed by atoms with van der Waals surface area (Å²) < 4.78 is 25.5. The molecule has 0 N–H and O–H groups in total. The second-order valence-electron chi connectivity index (χ2n) is 2.86. The lowest BCUT2D eigenvalue weighted by Crippen LogP contribution is -2.36. The molecule has 1 heterocycles. The van der Waals surface area contributed by atoms with E-state index in [1.54, 1.807) is 6.07 Å². The van der Waals surface area contributed by atoms with Crippen LogP contribution in [0.25, 0.3) is 0 Å². The quantitative estimate of drug-likeness (QED) is 0.658. The van der Waals surface area contributed by atoms with E-state index in [-0.39, 0.29) is 5.33 Å². The molecule has 0 aliphatic carbocycles. The van der Waals surface area contributed by atoms with E-state index in [2.05, 4.69) is 15.9 Å². The van der Waals surface area contributed by atoms with Crippen LogP contribution in [0.15, 0.2) is 0 Å². The number of carbonyl (C=O) groups excluding carboxylic acids is 1. The van der Waals surface area contributed by atoms with Crippen LogP contribution in [0.2, 0.25) is 0 Å². The molecule has 0 aromatic heterocycles. The molecular weight excluding hydrogens is 246 g/mol.